The number of benzene rings is 2. The summed E-state index contributed by atoms with van der Waals surface area (Å²) >= 11 is 16.9. The molecule has 0 aliphatic rings. The van der Waals surface area contributed by atoms with E-state index in [1.807, 2.05) is 0 Å². The second kappa shape index (κ2) is 5.74. The van der Waals surface area contributed by atoms with Gasteiger partial charge in [0.15, 0.2) is 0 Å². The molecule has 0 aliphatic carbocycles. The van der Waals surface area contributed by atoms with Crippen molar-refractivity contribution in [3.63, 3.8) is 0 Å². The Balaban J connectivity index is 2.33. The highest BCUT2D eigenvalue weighted by Crippen LogP contribution is 2.30. The first-order chi connectivity index (χ1) is 8.97. The molecule has 0 aliphatic heterocycles. The van der Waals surface area contributed by atoms with Gasteiger partial charge in [-0.1, -0.05) is 35.4 Å². The fourth-order valence-corrected chi connectivity index (χ4v) is 2.03. The molecule has 3 N–H and O–H groups in total. The zero-order valence-corrected chi connectivity index (χ0v) is 11.9. The summed E-state index contributed by atoms with van der Waals surface area (Å²) in [5, 5.41) is 3.78. The Kier molecular flexibility index (Phi) is 4.24. The van der Waals surface area contributed by atoms with Crippen LogP contribution in [0.1, 0.15) is 5.56 Å². The molecule has 0 saturated heterocycles. The third-order valence-electron chi connectivity index (χ3n) is 2.45. The molecule has 0 atom stereocenters. The normalized spacial score (nSPS) is 10.3. The Morgan fingerprint density at radius 2 is 1.79 bits per heavy atom. The molecule has 0 aromatic heterocycles. The van der Waals surface area contributed by atoms with Gasteiger partial charge in [-0.25, -0.2) is 4.39 Å². The lowest BCUT2D eigenvalue weighted by atomic mass is 10.2. The highest BCUT2D eigenvalue weighted by molar-refractivity contribution is 7.80. The maximum atomic E-state index is 13.2. The fourth-order valence-electron chi connectivity index (χ4n) is 1.51. The van der Waals surface area contributed by atoms with Gasteiger partial charge in [0.05, 0.1) is 21.4 Å². The highest BCUT2D eigenvalue weighted by atomic mass is 35.5. The van der Waals surface area contributed by atoms with Crippen LogP contribution in [0.25, 0.3) is 0 Å². The summed E-state index contributed by atoms with van der Waals surface area (Å²) in [6.45, 7) is 0. The van der Waals surface area contributed by atoms with E-state index in [1.54, 1.807) is 18.2 Å². The van der Waals surface area contributed by atoms with Gasteiger partial charge in [0, 0.05) is 5.56 Å². The van der Waals surface area contributed by atoms with E-state index in [-0.39, 0.29) is 10.8 Å². The molecule has 98 valence electrons. The van der Waals surface area contributed by atoms with Crippen LogP contribution in [-0.4, -0.2) is 4.99 Å². The molecule has 19 heavy (non-hydrogen) atoms. The summed E-state index contributed by atoms with van der Waals surface area (Å²) < 4.78 is 13.2. The third-order valence-corrected chi connectivity index (χ3v) is 3.33. The third kappa shape index (κ3) is 3.35. The lowest BCUT2D eigenvalue weighted by Gasteiger charge is -2.11. The summed E-state index contributed by atoms with van der Waals surface area (Å²) in [6, 6.07) is 9.11. The minimum atomic E-state index is -0.386. The highest BCUT2D eigenvalue weighted by Gasteiger charge is 2.07. The van der Waals surface area contributed by atoms with Gasteiger partial charge in [-0.05, 0) is 36.4 Å². The maximum Gasteiger partial charge on any atom is 0.125 e. The van der Waals surface area contributed by atoms with Crippen molar-refractivity contribution in [2.45, 2.75) is 0 Å². The molecular weight excluding hydrogens is 306 g/mol. The number of rotatable bonds is 3. The predicted octanol–water partition coefficient (Wildman–Crippen LogP) is 4.51. The molecule has 0 fully saturated rings. The minimum absolute atomic E-state index is 0.261. The summed E-state index contributed by atoms with van der Waals surface area (Å²) in [5.41, 5.74) is 7.20. The number of anilines is 2. The Hall–Kier alpha value is -1.36. The predicted molar refractivity (Wildman–Crippen MR) is 82.0 cm³/mol. The molecule has 0 amide bonds. The van der Waals surface area contributed by atoms with Gasteiger partial charge in [0.2, 0.25) is 0 Å². The first-order valence-corrected chi connectivity index (χ1v) is 6.45. The lowest BCUT2D eigenvalue weighted by molar-refractivity contribution is 0.628. The van der Waals surface area contributed by atoms with E-state index < -0.39 is 0 Å². The molecular formula is C13H9Cl2FN2S. The van der Waals surface area contributed by atoms with Crippen molar-refractivity contribution in [3.8, 4) is 0 Å². The summed E-state index contributed by atoms with van der Waals surface area (Å²) in [4.78, 5) is 0.261. The molecule has 6 heteroatoms. The molecule has 0 heterocycles. The zero-order valence-electron chi connectivity index (χ0n) is 9.58. The molecule has 0 spiro atoms. The van der Waals surface area contributed by atoms with Crippen LogP contribution in [0.2, 0.25) is 10.0 Å². The van der Waals surface area contributed by atoms with Crippen LogP contribution in [0.5, 0.6) is 0 Å². The Morgan fingerprint density at radius 1 is 1.05 bits per heavy atom. The Morgan fingerprint density at radius 3 is 2.42 bits per heavy atom. The molecule has 2 rings (SSSR count). The van der Waals surface area contributed by atoms with Gasteiger partial charge < -0.3 is 11.1 Å². The van der Waals surface area contributed by atoms with Crippen LogP contribution < -0.4 is 11.1 Å². The van der Waals surface area contributed by atoms with Gasteiger partial charge in [0.1, 0.15) is 10.8 Å². The topological polar surface area (TPSA) is 38.0 Å². The first-order valence-electron chi connectivity index (χ1n) is 5.29. The molecule has 2 nitrogen and oxygen atoms in total. The molecule has 0 unspecified atom stereocenters. The van der Waals surface area contributed by atoms with Crippen LogP contribution in [-0.2, 0) is 0 Å². The first kappa shape index (κ1) is 14.1. The summed E-state index contributed by atoms with van der Waals surface area (Å²) in [7, 11) is 0. The second-order valence-electron chi connectivity index (χ2n) is 3.81. The van der Waals surface area contributed by atoms with Gasteiger partial charge in [0.25, 0.3) is 0 Å². The molecule has 0 bridgehead atoms. The fraction of sp³-hybridized carbons (Fsp3) is 0. The Bertz CT molecular complexity index is 647. The van der Waals surface area contributed by atoms with Crippen molar-refractivity contribution >= 4 is 51.8 Å². The molecule has 2 aromatic carbocycles. The number of nitrogens with two attached hydrogens (primary N) is 1. The van der Waals surface area contributed by atoms with Crippen molar-refractivity contribution in [1.29, 1.82) is 0 Å². The van der Waals surface area contributed by atoms with Crippen LogP contribution in [0.4, 0.5) is 15.8 Å². The van der Waals surface area contributed by atoms with E-state index in [0.717, 1.165) is 0 Å². The van der Waals surface area contributed by atoms with E-state index >= 15 is 0 Å². The summed E-state index contributed by atoms with van der Waals surface area (Å²) in [5.74, 6) is -0.386. The van der Waals surface area contributed by atoms with Crippen LogP contribution in [0, 0.1) is 5.82 Å². The number of hydrogen-bond acceptors (Lipinski definition) is 2. The quantitative estimate of drug-likeness (QED) is 0.819. The van der Waals surface area contributed by atoms with Gasteiger partial charge in [-0.3, -0.25) is 0 Å². The van der Waals surface area contributed by atoms with Crippen molar-refractivity contribution in [2.24, 2.45) is 5.73 Å². The summed E-state index contributed by atoms with van der Waals surface area (Å²) in [6.07, 6.45) is 0. The standard InChI is InChI=1S/C13H9Cl2FN2S/c14-9-3-2-8(16)6-12(9)18-11-4-1-7(13(17)19)5-10(11)15/h1-6,18H,(H2,17,19). The monoisotopic (exact) mass is 314 g/mol. The van der Waals surface area contributed by atoms with Crippen molar-refractivity contribution < 1.29 is 4.39 Å². The van der Waals surface area contributed by atoms with E-state index in [9.17, 15) is 4.39 Å². The Labute approximate surface area is 125 Å². The van der Waals surface area contributed by atoms with Gasteiger partial charge >= 0.3 is 0 Å². The smallest absolute Gasteiger partial charge is 0.125 e. The maximum absolute atomic E-state index is 13.2. The molecule has 0 radical (unpaired) electrons. The average molecular weight is 315 g/mol. The minimum Gasteiger partial charge on any atom is -0.389 e. The second-order valence-corrected chi connectivity index (χ2v) is 5.06. The van der Waals surface area contributed by atoms with E-state index in [4.69, 9.17) is 41.2 Å². The van der Waals surface area contributed by atoms with Crippen LogP contribution in [0.15, 0.2) is 36.4 Å². The number of nitrogens with one attached hydrogen (secondary N) is 1. The number of hydrogen-bond donors (Lipinski definition) is 2. The van der Waals surface area contributed by atoms with E-state index in [1.165, 1.54) is 18.2 Å². The van der Waals surface area contributed by atoms with Crippen LogP contribution in [0.3, 0.4) is 0 Å². The largest absolute Gasteiger partial charge is 0.389 e. The SMILES string of the molecule is NC(=S)c1ccc(Nc2cc(F)ccc2Cl)c(Cl)c1. The van der Waals surface area contributed by atoms with Gasteiger partial charge in [-0.15, -0.1) is 0 Å². The van der Waals surface area contributed by atoms with Crippen molar-refractivity contribution in [1.82, 2.24) is 0 Å². The van der Waals surface area contributed by atoms with Crippen molar-refractivity contribution in [3.05, 3.63) is 57.8 Å². The number of thiocarbonyl (C=S) groups is 1. The molecule has 0 saturated carbocycles. The zero-order chi connectivity index (χ0) is 14.0. The average Bonchev–Trinajstić information content (AvgIpc) is 2.36. The lowest BCUT2D eigenvalue weighted by Crippen LogP contribution is -2.09. The molecule has 2 aromatic rings. The van der Waals surface area contributed by atoms with Crippen molar-refractivity contribution in [2.75, 3.05) is 5.32 Å². The van der Waals surface area contributed by atoms with E-state index in [0.29, 0.717) is 27.0 Å². The van der Waals surface area contributed by atoms with Gasteiger partial charge in [-0.2, -0.15) is 0 Å². The number of halogens is 3. The van der Waals surface area contributed by atoms with Crippen LogP contribution >= 0.6 is 35.4 Å². The van der Waals surface area contributed by atoms with E-state index in [2.05, 4.69) is 5.32 Å².